The van der Waals surface area contributed by atoms with Crippen molar-refractivity contribution in [2.45, 2.75) is 6.61 Å². The molecule has 0 aliphatic carbocycles. The van der Waals surface area contributed by atoms with Crippen LogP contribution >= 0.6 is 11.3 Å². The number of hydrogen-bond acceptors (Lipinski definition) is 6. The van der Waals surface area contributed by atoms with Gasteiger partial charge in [-0.05, 0) is 29.6 Å². The highest BCUT2D eigenvalue weighted by Crippen LogP contribution is 2.19. The van der Waals surface area contributed by atoms with Crippen molar-refractivity contribution in [1.29, 1.82) is 0 Å². The first-order valence-corrected chi connectivity index (χ1v) is 6.98. The van der Waals surface area contributed by atoms with Gasteiger partial charge in [-0.2, -0.15) is 16.3 Å². The van der Waals surface area contributed by atoms with E-state index >= 15 is 0 Å². The molecule has 2 aromatic heterocycles. The standard InChI is InChI=1S/C14H10N2O4S/c17-14(18)9-2-1-3-11(6-9)19-7-12-15-13(16-20-12)10-4-5-21-8-10/h1-6,8H,7H2,(H,17,18). The second-order valence-electron chi connectivity index (χ2n) is 4.15. The molecule has 0 aliphatic rings. The molecule has 3 rings (SSSR count). The Bertz CT molecular complexity index is 752. The van der Waals surface area contributed by atoms with Crippen molar-refractivity contribution in [2.24, 2.45) is 0 Å². The van der Waals surface area contributed by atoms with Crippen molar-refractivity contribution in [3.63, 3.8) is 0 Å². The van der Waals surface area contributed by atoms with Crippen molar-refractivity contribution in [1.82, 2.24) is 10.1 Å². The molecule has 0 spiro atoms. The summed E-state index contributed by atoms with van der Waals surface area (Å²) >= 11 is 1.55. The average molecular weight is 302 g/mol. The van der Waals surface area contributed by atoms with Gasteiger partial charge in [0.15, 0.2) is 6.61 Å². The van der Waals surface area contributed by atoms with Gasteiger partial charge in [0.1, 0.15) is 5.75 Å². The Labute approximate surface area is 123 Å². The molecule has 0 aliphatic heterocycles. The summed E-state index contributed by atoms with van der Waals surface area (Å²) in [6.07, 6.45) is 0. The minimum absolute atomic E-state index is 0.0835. The number of aromatic nitrogens is 2. The molecule has 6 nitrogen and oxygen atoms in total. The van der Waals surface area contributed by atoms with Crippen LogP contribution in [0.15, 0.2) is 45.6 Å². The van der Waals surface area contributed by atoms with Crippen LogP contribution in [0.3, 0.4) is 0 Å². The Hall–Kier alpha value is -2.67. The fourth-order valence-corrected chi connectivity index (χ4v) is 2.32. The zero-order chi connectivity index (χ0) is 14.7. The number of thiophene rings is 1. The molecule has 1 aromatic carbocycles. The Balaban J connectivity index is 1.68. The van der Waals surface area contributed by atoms with Crippen molar-refractivity contribution in [3.8, 4) is 17.1 Å². The molecule has 0 radical (unpaired) electrons. The van der Waals surface area contributed by atoms with E-state index in [2.05, 4.69) is 10.1 Å². The van der Waals surface area contributed by atoms with Crippen LogP contribution < -0.4 is 4.74 Å². The predicted octanol–water partition coefficient (Wildman–Crippen LogP) is 3.08. The molecule has 0 saturated heterocycles. The number of hydrogen-bond donors (Lipinski definition) is 1. The van der Waals surface area contributed by atoms with E-state index in [0.29, 0.717) is 17.5 Å². The van der Waals surface area contributed by atoms with Crippen LogP contribution in [-0.4, -0.2) is 21.2 Å². The normalized spacial score (nSPS) is 10.5. The summed E-state index contributed by atoms with van der Waals surface area (Å²) in [5, 5.41) is 16.6. The van der Waals surface area contributed by atoms with Gasteiger partial charge in [-0.1, -0.05) is 11.2 Å². The van der Waals surface area contributed by atoms with Crippen LogP contribution in [0, 0.1) is 0 Å². The molecule has 0 amide bonds. The number of aromatic carboxylic acids is 1. The number of nitrogens with zero attached hydrogens (tertiary/aromatic N) is 2. The first-order valence-electron chi connectivity index (χ1n) is 6.04. The number of ether oxygens (including phenoxy) is 1. The maximum atomic E-state index is 10.9. The van der Waals surface area contributed by atoms with Crippen LogP contribution in [0.4, 0.5) is 0 Å². The fraction of sp³-hybridized carbons (Fsp3) is 0.0714. The van der Waals surface area contributed by atoms with E-state index < -0.39 is 5.97 Å². The largest absolute Gasteiger partial charge is 0.484 e. The highest BCUT2D eigenvalue weighted by Gasteiger charge is 2.10. The lowest BCUT2D eigenvalue weighted by molar-refractivity contribution is 0.0696. The van der Waals surface area contributed by atoms with Crippen LogP contribution in [0.5, 0.6) is 5.75 Å². The molecule has 2 heterocycles. The minimum atomic E-state index is -1.00. The Morgan fingerprint density at radius 2 is 2.29 bits per heavy atom. The summed E-state index contributed by atoms with van der Waals surface area (Å²) in [5.41, 5.74) is 1.06. The van der Waals surface area contributed by atoms with E-state index in [1.165, 1.54) is 12.1 Å². The zero-order valence-corrected chi connectivity index (χ0v) is 11.5. The van der Waals surface area contributed by atoms with E-state index in [4.69, 9.17) is 14.4 Å². The van der Waals surface area contributed by atoms with Crippen LogP contribution in [0.25, 0.3) is 11.4 Å². The molecule has 0 atom stereocenters. The molecule has 21 heavy (non-hydrogen) atoms. The number of carbonyl (C=O) groups is 1. The van der Waals surface area contributed by atoms with Crippen molar-refractivity contribution in [3.05, 3.63) is 52.5 Å². The van der Waals surface area contributed by atoms with Crippen molar-refractivity contribution < 1.29 is 19.2 Å². The Morgan fingerprint density at radius 1 is 1.38 bits per heavy atom. The fourth-order valence-electron chi connectivity index (χ4n) is 1.69. The predicted molar refractivity (Wildman–Crippen MR) is 75.3 cm³/mol. The number of carboxylic acids is 1. The molecule has 0 fully saturated rings. The number of carboxylic acid groups (broad SMARTS) is 1. The summed E-state index contributed by atoms with van der Waals surface area (Å²) < 4.78 is 10.5. The summed E-state index contributed by atoms with van der Waals surface area (Å²) in [7, 11) is 0. The molecule has 1 N–H and O–H groups in total. The number of rotatable bonds is 5. The third-order valence-corrected chi connectivity index (χ3v) is 3.37. The lowest BCUT2D eigenvalue weighted by Crippen LogP contribution is -1.99. The second-order valence-corrected chi connectivity index (χ2v) is 4.93. The number of benzene rings is 1. The van der Waals surface area contributed by atoms with Gasteiger partial charge in [-0.25, -0.2) is 4.79 Å². The third kappa shape index (κ3) is 3.09. The van der Waals surface area contributed by atoms with Gasteiger partial charge < -0.3 is 14.4 Å². The summed E-state index contributed by atoms with van der Waals surface area (Å²) in [6, 6.07) is 8.12. The third-order valence-electron chi connectivity index (χ3n) is 2.69. The summed E-state index contributed by atoms with van der Waals surface area (Å²) in [6.45, 7) is 0.0835. The SMILES string of the molecule is O=C(O)c1cccc(OCc2nc(-c3ccsc3)no2)c1. The first-order chi connectivity index (χ1) is 10.2. The average Bonchev–Trinajstić information content (AvgIpc) is 3.16. The highest BCUT2D eigenvalue weighted by molar-refractivity contribution is 7.08. The van der Waals surface area contributed by atoms with Crippen LogP contribution in [0.1, 0.15) is 16.2 Å². The molecular formula is C14H10N2O4S. The topological polar surface area (TPSA) is 85.5 Å². The van der Waals surface area contributed by atoms with Crippen molar-refractivity contribution in [2.75, 3.05) is 0 Å². The molecule has 0 saturated carbocycles. The molecule has 106 valence electrons. The maximum absolute atomic E-state index is 10.9. The van der Waals surface area contributed by atoms with Gasteiger partial charge in [0.2, 0.25) is 5.82 Å². The van der Waals surface area contributed by atoms with Gasteiger partial charge in [-0.15, -0.1) is 0 Å². The molecule has 7 heteroatoms. The maximum Gasteiger partial charge on any atom is 0.335 e. The first kappa shape index (κ1) is 13.3. The van der Waals surface area contributed by atoms with E-state index in [0.717, 1.165) is 5.56 Å². The van der Waals surface area contributed by atoms with Gasteiger partial charge in [-0.3, -0.25) is 0 Å². The molecule has 0 unspecified atom stereocenters. The van der Waals surface area contributed by atoms with Crippen molar-refractivity contribution >= 4 is 17.3 Å². The van der Waals surface area contributed by atoms with E-state index in [1.807, 2.05) is 16.8 Å². The monoisotopic (exact) mass is 302 g/mol. The smallest absolute Gasteiger partial charge is 0.335 e. The van der Waals surface area contributed by atoms with E-state index in [1.54, 1.807) is 23.5 Å². The van der Waals surface area contributed by atoms with E-state index in [-0.39, 0.29) is 12.2 Å². The zero-order valence-electron chi connectivity index (χ0n) is 10.7. The lowest BCUT2D eigenvalue weighted by atomic mass is 10.2. The van der Waals surface area contributed by atoms with Gasteiger partial charge >= 0.3 is 5.97 Å². The van der Waals surface area contributed by atoms with Crippen LogP contribution in [-0.2, 0) is 6.61 Å². The molecule has 3 aromatic rings. The molecular weight excluding hydrogens is 292 g/mol. The Morgan fingerprint density at radius 3 is 3.05 bits per heavy atom. The summed E-state index contributed by atoms with van der Waals surface area (Å²) in [4.78, 5) is 15.1. The van der Waals surface area contributed by atoms with Crippen LogP contribution in [0.2, 0.25) is 0 Å². The highest BCUT2D eigenvalue weighted by atomic mass is 32.1. The Kier molecular flexibility index (Phi) is 3.65. The van der Waals surface area contributed by atoms with Gasteiger partial charge in [0.25, 0.3) is 5.89 Å². The molecule has 0 bridgehead atoms. The quantitative estimate of drug-likeness (QED) is 0.779. The minimum Gasteiger partial charge on any atom is -0.484 e. The second kappa shape index (κ2) is 5.76. The van der Waals surface area contributed by atoms with Gasteiger partial charge in [0, 0.05) is 10.9 Å². The van der Waals surface area contributed by atoms with Gasteiger partial charge in [0.05, 0.1) is 5.56 Å². The lowest BCUT2D eigenvalue weighted by Gasteiger charge is -2.03. The summed E-state index contributed by atoms with van der Waals surface area (Å²) in [5.74, 6) is 0.272. The van der Waals surface area contributed by atoms with E-state index in [9.17, 15) is 4.79 Å².